The van der Waals surface area contributed by atoms with Gasteiger partial charge in [0, 0.05) is 10.6 Å². The minimum Gasteiger partial charge on any atom is -0.185 e. The number of thioether (sulfide) groups is 1. The highest BCUT2D eigenvalue weighted by molar-refractivity contribution is 9.09. The number of thiocyanates is 1. The standard InChI is InChI=1S/C9H8BrNS/c10-9(6-12-7-11)8-4-2-1-3-5-8/h1-5,9H,6H2/t9-/m1/s1. The van der Waals surface area contributed by atoms with Gasteiger partial charge in [-0.3, -0.25) is 0 Å². The van der Waals surface area contributed by atoms with Crippen molar-refractivity contribution in [3.8, 4) is 5.40 Å². The van der Waals surface area contributed by atoms with Crippen LogP contribution in [0.3, 0.4) is 0 Å². The first-order chi connectivity index (χ1) is 5.84. The molecule has 3 heteroatoms. The van der Waals surface area contributed by atoms with Crippen LogP contribution in [0.25, 0.3) is 0 Å². The zero-order valence-electron chi connectivity index (χ0n) is 6.40. The van der Waals surface area contributed by atoms with Crippen LogP contribution in [0, 0.1) is 10.7 Å². The molecule has 1 rings (SSSR count). The molecule has 0 unspecified atom stereocenters. The molecule has 1 nitrogen and oxygen atoms in total. The third-order valence-electron chi connectivity index (χ3n) is 1.46. The Morgan fingerprint density at radius 3 is 2.67 bits per heavy atom. The minimum atomic E-state index is 0.281. The van der Waals surface area contributed by atoms with Gasteiger partial charge in [0.15, 0.2) is 0 Å². The average molecular weight is 242 g/mol. The first-order valence-corrected chi connectivity index (χ1v) is 5.44. The Morgan fingerprint density at radius 1 is 1.42 bits per heavy atom. The lowest BCUT2D eigenvalue weighted by Gasteiger charge is -2.05. The topological polar surface area (TPSA) is 23.8 Å². The Morgan fingerprint density at radius 2 is 2.08 bits per heavy atom. The highest BCUT2D eigenvalue weighted by Crippen LogP contribution is 2.25. The Balaban J connectivity index is 2.55. The van der Waals surface area contributed by atoms with Crippen LogP contribution in [0.4, 0.5) is 0 Å². The van der Waals surface area contributed by atoms with E-state index in [1.807, 2.05) is 18.2 Å². The van der Waals surface area contributed by atoms with E-state index in [0.717, 1.165) is 5.75 Å². The van der Waals surface area contributed by atoms with E-state index >= 15 is 0 Å². The molecular weight excluding hydrogens is 234 g/mol. The minimum absolute atomic E-state index is 0.281. The summed E-state index contributed by atoms with van der Waals surface area (Å²) in [6.07, 6.45) is 0. The number of nitriles is 1. The van der Waals surface area contributed by atoms with E-state index in [2.05, 4.69) is 33.5 Å². The summed E-state index contributed by atoms with van der Waals surface area (Å²) in [5, 5.41) is 10.4. The lowest BCUT2D eigenvalue weighted by atomic mass is 10.2. The molecular formula is C9H8BrNS. The lowest BCUT2D eigenvalue weighted by molar-refractivity contribution is 1.14. The van der Waals surface area contributed by atoms with Crippen LogP contribution < -0.4 is 0 Å². The molecule has 0 aromatic heterocycles. The van der Waals surface area contributed by atoms with Gasteiger partial charge in [0.2, 0.25) is 0 Å². The van der Waals surface area contributed by atoms with E-state index in [1.165, 1.54) is 17.3 Å². The van der Waals surface area contributed by atoms with Crippen molar-refractivity contribution in [1.29, 1.82) is 5.26 Å². The van der Waals surface area contributed by atoms with E-state index in [0.29, 0.717) is 0 Å². The van der Waals surface area contributed by atoms with Gasteiger partial charge in [-0.1, -0.05) is 46.3 Å². The summed E-state index contributed by atoms with van der Waals surface area (Å²) < 4.78 is 0. The van der Waals surface area contributed by atoms with Crippen LogP contribution in [-0.4, -0.2) is 5.75 Å². The fourth-order valence-electron chi connectivity index (χ4n) is 0.869. The lowest BCUT2D eigenvalue weighted by Crippen LogP contribution is -1.91. The van der Waals surface area contributed by atoms with Gasteiger partial charge < -0.3 is 0 Å². The van der Waals surface area contributed by atoms with Crippen molar-refractivity contribution in [2.45, 2.75) is 4.83 Å². The maximum atomic E-state index is 8.35. The highest BCUT2D eigenvalue weighted by atomic mass is 79.9. The zero-order chi connectivity index (χ0) is 8.81. The van der Waals surface area contributed by atoms with Crippen LogP contribution in [0.15, 0.2) is 30.3 Å². The second-order valence-corrected chi connectivity index (χ2v) is 4.19. The van der Waals surface area contributed by atoms with Crippen LogP contribution in [0.2, 0.25) is 0 Å². The molecule has 0 N–H and O–H groups in total. The van der Waals surface area contributed by atoms with Crippen molar-refractivity contribution < 1.29 is 0 Å². The third-order valence-corrected chi connectivity index (χ3v) is 3.37. The number of alkyl halides is 1. The van der Waals surface area contributed by atoms with Gasteiger partial charge in [-0.2, -0.15) is 5.26 Å². The molecule has 1 aromatic rings. The summed E-state index contributed by atoms with van der Waals surface area (Å²) in [5.74, 6) is 0.792. The fraction of sp³-hybridized carbons (Fsp3) is 0.222. The number of nitrogens with zero attached hydrogens (tertiary/aromatic N) is 1. The first-order valence-electron chi connectivity index (χ1n) is 3.54. The van der Waals surface area contributed by atoms with Gasteiger partial charge in [-0.25, -0.2) is 0 Å². The maximum absolute atomic E-state index is 8.35. The van der Waals surface area contributed by atoms with Gasteiger partial charge in [0.1, 0.15) is 5.40 Å². The number of hydrogen-bond donors (Lipinski definition) is 0. The molecule has 0 spiro atoms. The van der Waals surface area contributed by atoms with Crippen molar-refractivity contribution in [2.24, 2.45) is 0 Å². The summed E-state index contributed by atoms with van der Waals surface area (Å²) >= 11 is 4.78. The molecule has 0 heterocycles. The van der Waals surface area contributed by atoms with Crippen LogP contribution in [0.5, 0.6) is 0 Å². The molecule has 0 bridgehead atoms. The van der Waals surface area contributed by atoms with E-state index in [4.69, 9.17) is 5.26 Å². The molecule has 1 atom stereocenters. The molecule has 12 heavy (non-hydrogen) atoms. The van der Waals surface area contributed by atoms with E-state index in [9.17, 15) is 0 Å². The molecule has 0 radical (unpaired) electrons. The third kappa shape index (κ3) is 2.88. The van der Waals surface area contributed by atoms with Crippen molar-refractivity contribution in [3.05, 3.63) is 35.9 Å². The van der Waals surface area contributed by atoms with Gasteiger partial charge in [-0.05, 0) is 17.3 Å². The Kier molecular flexibility index (Phi) is 4.20. The van der Waals surface area contributed by atoms with Gasteiger partial charge in [0.25, 0.3) is 0 Å². The smallest absolute Gasteiger partial charge is 0.133 e. The Bertz CT molecular complexity index is 268. The highest BCUT2D eigenvalue weighted by Gasteiger charge is 2.05. The van der Waals surface area contributed by atoms with Crippen molar-refractivity contribution >= 4 is 27.7 Å². The maximum Gasteiger partial charge on any atom is 0.133 e. The van der Waals surface area contributed by atoms with Gasteiger partial charge in [-0.15, -0.1) is 0 Å². The van der Waals surface area contributed by atoms with Crippen LogP contribution >= 0.6 is 27.7 Å². The first kappa shape index (κ1) is 9.63. The van der Waals surface area contributed by atoms with Gasteiger partial charge >= 0.3 is 0 Å². The summed E-state index contributed by atoms with van der Waals surface area (Å²) in [6.45, 7) is 0. The number of halogens is 1. The van der Waals surface area contributed by atoms with Crippen LogP contribution in [-0.2, 0) is 0 Å². The van der Waals surface area contributed by atoms with Crippen molar-refractivity contribution in [3.63, 3.8) is 0 Å². The average Bonchev–Trinajstić information content (AvgIpc) is 2.15. The van der Waals surface area contributed by atoms with E-state index in [1.54, 1.807) is 0 Å². The largest absolute Gasteiger partial charge is 0.185 e. The summed E-state index contributed by atoms with van der Waals surface area (Å²) in [4.78, 5) is 0.281. The molecule has 62 valence electrons. The molecule has 0 aliphatic carbocycles. The number of rotatable bonds is 3. The predicted octanol–water partition coefficient (Wildman–Crippen LogP) is 3.34. The van der Waals surface area contributed by atoms with Crippen LogP contribution in [0.1, 0.15) is 10.4 Å². The number of benzene rings is 1. The van der Waals surface area contributed by atoms with Crippen molar-refractivity contribution in [1.82, 2.24) is 0 Å². The fourth-order valence-corrected chi connectivity index (χ4v) is 1.98. The van der Waals surface area contributed by atoms with E-state index < -0.39 is 0 Å². The summed E-state index contributed by atoms with van der Waals surface area (Å²) in [7, 11) is 0. The number of hydrogen-bond acceptors (Lipinski definition) is 2. The summed E-state index contributed by atoms with van der Waals surface area (Å²) in [5.41, 5.74) is 1.22. The molecule has 0 saturated heterocycles. The Labute approximate surface area is 84.9 Å². The molecule has 0 amide bonds. The second kappa shape index (κ2) is 5.23. The second-order valence-electron chi connectivity index (χ2n) is 2.28. The van der Waals surface area contributed by atoms with Crippen molar-refractivity contribution in [2.75, 3.05) is 5.75 Å². The zero-order valence-corrected chi connectivity index (χ0v) is 8.81. The SMILES string of the molecule is N#CSC[C@@H](Br)c1ccccc1. The molecule has 0 saturated carbocycles. The molecule has 0 fully saturated rings. The van der Waals surface area contributed by atoms with E-state index in [-0.39, 0.29) is 4.83 Å². The molecule has 0 aliphatic rings. The Hall–Kier alpha value is -0.460. The predicted molar refractivity (Wildman–Crippen MR) is 56.2 cm³/mol. The summed E-state index contributed by atoms with van der Waals surface area (Å²) in [6, 6.07) is 10.1. The molecule has 0 aliphatic heterocycles. The quantitative estimate of drug-likeness (QED) is 0.599. The normalized spacial score (nSPS) is 12.0. The van der Waals surface area contributed by atoms with Gasteiger partial charge in [0.05, 0.1) is 0 Å². The monoisotopic (exact) mass is 241 g/mol. The molecule has 1 aromatic carbocycles.